The van der Waals surface area contributed by atoms with Gasteiger partial charge >= 0.3 is 6.18 Å². The lowest BCUT2D eigenvalue weighted by molar-refractivity contribution is -0.137. The number of rotatable bonds is 5. The summed E-state index contributed by atoms with van der Waals surface area (Å²) in [6.07, 6.45) is -2.56. The molecule has 0 radical (unpaired) electrons. The Morgan fingerprint density at radius 2 is 1.57 bits per heavy atom. The van der Waals surface area contributed by atoms with Crippen molar-refractivity contribution in [1.82, 2.24) is 4.90 Å². The Labute approximate surface area is 133 Å². The predicted octanol–water partition coefficient (Wildman–Crippen LogP) is 3.09. The summed E-state index contributed by atoms with van der Waals surface area (Å²) < 4.78 is 37.5. The topological polar surface area (TPSA) is 80.0 Å². The van der Waals surface area contributed by atoms with Crippen LogP contribution in [0.4, 0.5) is 18.9 Å². The van der Waals surface area contributed by atoms with Gasteiger partial charge in [0, 0.05) is 13.1 Å². The molecule has 0 aliphatic carbocycles. The van der Waals surface area contributed by atoms with E-state index in [9.17, 15) is 13.2 Å². The van der Waals surface area contributed by atoms with E-state index in [1.807, 2.05) is 18.7 Å². The molecule has 8 heteroatoms. The molecule has 1 rings (SSSR count). The van der Waals surface area contributed by atoms with Crippen molar-refractivity contribution in [3.05, 3.63) is 29.8 Å². The number of benzene rings is 1. The number of halogens is 3. The third-order valence-corrected chi connectivity index (χ3v) is 2.98. The number of hydrogen-bond acceptors (Lipinski definition) is 1. The number of aliphatic imine (C=N–C) groups is 2. The summed E-state index contributed by atoms with van der Waals surface area (Å²) in [7, 11) is 0. The second-order valence-corrected chi connectivity index (χ2v) is 4.97. The van der Waals surface area contributed by atoms with Crippen molar-refractivity contribution in [2.45, 2.75) is 32.9 Å². The Hall–Kier alpha value is -2.25. The van der Waals surface area contributed by atoms with Crippen LogP contribution >= 0.6 is 0 Å². The highest BCUT2D eigenvalue weighted by Gasteiger charge is 2.29. The molecule has 0 aromatic heterocycles. The van der Waals surface area contributed by atoms with Gasteiger partial charge in [0.25, 0.3) is 0 Å². The van der Waals surface area contributed by atoms with Gasteiger partial charge in [0.15, 0.2) is 5.96 Å². The molecule has 5 nitrogen and oxygen atoms in total. The van der Waals surface area contributed by atoms with Gasteiger partial charge in [0.2, 0.25) is 5.96 Å². The van der Waals surface area contributed by atoms with Crippen molar-refractivity contribution in [1.29, 1.82) is 0 Å². The fraction of sp³-hybridized carbons (Fsp3) is 0.467. The van der Waals surface area contributed by atoms with E-state index in [1.54, 1.807) is 0 Å². The minimum absolute atomic E-state index is 0.0977. The Balaban J connectivity index is 2.88. The van der Waals surface area contributed by atoms with Crippen LogP contribution in [0.2, 0.25) is 0 Å². The Morgan fingerprint density at radius 1 is 1.04 bits per heavy atom. The first kappa shape index (κ1) is 18.8. The van der Waals surface area contributed by atoms with Gasteiger partial charge in [-0.1, -0.05) is 13.8 Å². The van der Waals surface area contributed by atoms with Crippen molar-refractivity contribution in [2.75, 3.05) is 13.1 Å². The summed E-state index contributed by atoms with van der Waals surface area (Å²) in [6, 6.07) is 4.35. The zero-order chi connectivity index (χ0) is 17.5. The molecule has 0 saturated carbocycles. The van der Waals surface area contributed by atoms with Gasteiger partial charge in [-0.25, -0.2) is 4.99 Å². The maximum atomic E-state index is 12.5. The lowest BCUT2D eigenvalue weighted by atomic mass is 10.2. The van der Waals surface area contributed by atoms with E-state index in [4.69, 9.17) is 11.5 Å². The van der Waals surface area contributed by atoms with Crippen molar-refractivity contribution >= 4 is 17.6 Å². The molecule has 23 heavy (non-hydrogen) atoms. The summed E-state index contributed by atoms with van der Waals surface area (Å²) in [4.78, 5) is 9.85. The first-order chi connectivity index (χ1) is 10.8. The third-order valence-electron chi connectivity index (χ3n) is 2.98. The van der Waals surface area contributed by atoms with Crippen LogP contribution in [0.5, 0.6) is 0 Å². The van der Waals surface area contributed by atoms with E-state index in [1.165, 1.54) is 12.1 Å². The summed E-state index contributed by atoms with van der Waals surface area (Å²) >= 11 is 0. The van der Waals surface area contributed by atoms with E-state index in [0.29, 0.717) is 0 Å². The van der Waals surface area contributed by atoms with E-state index < -0.39 is 11.7 Å². The Bertz CT molecular complexity index is 543. The second-order valence-electron chi connectivity index (χ2n) is 4.97. The van der Waals surface area contributed by atoms with Gasteiger partial charge in [0.1, 0.15) is 0 Å². The molecular formula is C15H22F3N5. The molecule has 0 bridgehead atoms. The number of nitrogens with two attached hydrogens (primary N) is 2. The van der Waals surface area contributed by atoms with E-state index >= 15 is 0 Å². The quantitative estimate of drug-likeness (QED) is 0.643. The molecule has 0 heterocycles. The number of guanidine groups is 2. The van der Waals surface area contributed by atoms with Crippen LogP contribution in [-0.4, -0.2) is 29.9 Å². The average molecular weight is 329 g/mol. The number of hydrogen-bond donors (Lipinski definition) is 2. The monoisotopic (exact) mass is 329 g/mol. The molecule has 4 N–H and O–H groups in total. The van der Waals surface area contributed by atoms with Gasteiger partial charge in [-0.2, -0.15) is 18.2 Å². The van der Waals surface area contributed by atoms with Gasteiger partial charge in [-0.3, -0.25) is 0 Å². The molecule has 0 fully saturated rings. The SMILES string of the molecule is CCCN(CCC)C(N)=NC(N)=Nc1ccc(C(F)(F)F)cc1. The summed E-state index contributed by atoms with van der Waals surface area (Å²) in [5, 5.41) is 0. The van der Waals surface area contributed by atoms with Crippen molar-refractivity contribution in [3.8, 4) is 0 Å². The average Bonchev–Trinajstić information content (AvgIpc) is 2.46. The van der Waals surface area contributed by atoms with Crippen LogP contribution < -0.4 is 11.5 Å². The Kier molecular flexibility index (Phi) is 6.87. The fourth-order valence-corrected chi connectivity index (χ4v) is 1.95. The van der Waals surface area contributed by atoms with Crippen LogP contribution in [0, 0.1) is 0 Å². The van der Waals surface area contributed by atoms with Gasteiger partial charge < -0.3 is 16.4 Å². The van der Waals surface area contributed by atoms with Crippen LogP contribution in [0.1, 0.15) is 32.3 Å². The lowest BCUT2D eigenvalue weighted by Gasteiger charge is -2.21. The predicted molar refractivity (Wildman–Crippen MR) is 86.5 cm³/mol. The molecule has 128 valence electrons. The summed E-state index contributed by atoms with van der Waals surface area (Å²) in [6.45, 7) is 5.54. The third kappa shape index (κ3) is 6.17. The van der Waals surface area contributed by atoms with Crippen molar-refractivity contribution in [2.24, 2.45) is 21.5 Å². The Morgan fingerprint density at radius 3 is 2.00 bits per heavy atom. The van der Waals surface area contributed by atoms with Gasteiger partial charge in [-0.15, -0.1) is 0 Å². The lowest BCUT2D eigenvalue weighted by Crippen LogP contribution is -2.39. The van der Waals surface area contributed by atoms with Gasteiger partial charge in [-0.05, 0) is 37.1 Å². The first-order valence-electron chi connectivity index (χ1n) is 7.38. The smallest absolute Gasteiger partial charge is 0.369 e. The molecular weight excluding hydrogens is 307 g/mol. The molecule has 0 aliphatic rings. The number of nitrogens with zero attached hydrogens (tertiary/aromatic N) is 3. The molecule has 0 atom stereocenters. The van der Waals surface area contributed by atoms with Crippen LogP contribution in [0.3, 0.4) is 0 Å². The van der Waals surface area contributed by atoms with Crippen molar-refractivity contribution < 1.29 is 13.2 Å². The van der Waals surface area contributed by atoms with E-state index in [0.717, 1.165) is 38.1 Å². The van der Waals surface area contributed by atoms with E-state index in [2.05, 4.69) is 9.98 Å². The largest absolute Gasteiger partial charge is 0.416 e. The molecule has 1 aromatic rings. The highest BCUT2D eigenvalue weighted by Crippen LogP contribution is 2.30. The molecule has 0 unspecified atom stereocenters. The number of alkyl halides is 3. The maximum absolute atomic E-state index is 12.5. The van der Waals surface area contributed by atoms with Crippen LogP contribution in [-0.2, 0) is 6.18 Å². The molecule has 0 spiro atoms. The van der Waals surface area contributed by atoms with Crippen LogP contribution in [0.25, 0.3) is 0 Å². The zero-order valence-corrected chi connectivity index (χ0v) is 13.3. The van der Waals surface area contributed by atoms with Crippen LogP contribution in [0.15, 0.2) is 34.3 Å². The fourth-order valence-electron chi connectivity index (χ4n) is 1.95. The summed E-state index contributed by atoms with van der Waals surface area (Å²) in [5.74, 6) is 0.154. The normalized spacial score (nSPS) is 13.3. The maximum Gasteiger partial charge on any atom is 0.416 e. The van der Waals surface area contributed by atoms with Gasteiger partial charge in [0.05, 0.1) is 11.3 Å². The second kappa shape index (κ2) is 8.40. The van der Waals surface area contributed by atoms with E-state index in [-0.39, 0.29) is 17.6 Å². The zero-order valence-electron chi connectivity index (χ0n) is 13.3. The molecule has 0 amide bonds. The highest BCUT2D eigenvalue weighted by atomic mass is 19.4. The minimum atomic E-state index is -4.38. The highest BCUT2D eigenvalue weighted by molar-refractivity contribution is 5.94. The standard InChI is InChI=1S/C15H22F3N5/c1-3-9-23(10-4-2)14(20)22-13(19)21-12-7-5-11(6-8-12)15(16,17)18/h5-8H,3-4,9-10H2,1-2H3,(H4,19,20,21,22). The molecule has 0 saturated heterocycles. The molecule has 1 aromatic carbocycles. The molecule has 0 aliphatic heterocycles. The first-order valence-corrected chi connectivity index (χ1v) is 7.38. The van der Waals surface area contributed by atoms with Crippen molar-refractivity contribution in [3.63, 3.8) is 0 Å². The minimum Gasteiger partial charge on any atom is -0.369 e. The summed E-state index contributed by atoms with van der Waals surface area (Å²) in [5.41, 5.74) is 11.1.